The fourth-order valence-electron chi connectivity index (χ4n) is 5.81. The van der Waals surface area contributed by atoms with Crippen molar-refractivity contribution in [2.75, 3.05) is 6.61 Å². The Morgan fingerprint density at radius 2 is 1.79 bits per heavy atom. The number of nitrogens with zero attached hydrogens (tertiary/aromatic N) is 1. The van der Waals surface area contributed by atoms with Crippen LogP contribution in [0, 0.1) is 32.6 Å². The summed E-state index contributed by atoms with van der Waals surface area (Å²) in [5.41, 5.74) is 3.51. The monoisotopic (exact) mass is 596 g/mol. The molecule has 9 heteroatoms. The van der Waals surface area contributed by atoms with E-state index >= 15 is 0 Å². The van der Waals surface area contributed by atoms with Crippen LogP contribution in [0.1, 0.15) is 87.1 Å². The number of benzene rings is 2. The molecule has 2 amide bonds. The van der Waals surface area contributed by atoms with E-state index < -0.39 is 10.9 Å². The van der Waals surface area contributed by atoms with Crippen molar-refractivity contribution in [1.82, 2.24) is 5.32 Å². The number of aromatic hydroxyl groups is 1. The van der Waals surface area contributed by atoms with Crippen LogP contribution in [0.15, 0.2) is 29.4 Å². The van der Waals surface area contributed by atoms with Gasteiger partial charge in [0.2, 0.25) is 5.91 Å². The van der Waals surface area contributed by atoms with E-state index in [2.05, 4.69) is 31.2 Å². The van der Waals surface area contributed by atoms with Crippen molar-refractivity contribution < 1.29 is 29.4 Å². The molecule has 0 radical (unpaired) electrons. The number of nitrogens with one attached hydrogen (secondary N) is 1. The SMILES string of the molecule is Cc1c(C)c2c(c(C)c1O)C(=NO)CC(CCC(C)CCCC(C)C)(COc1ccc(CC3SC(=O)NC3=O)cc1)O2. The molecule has 3 unspecified atom stereocenters. The van der Waals surface area contributed by atoms with E-state index in [9.17, 15) is 19.9 Å². The number of fused-ring (bicyclic) bond motifs is 1. The van der Waals surface area contributed by atoms with Gasteiger partial charge >= 0.3 is 0 Å². The van der Waals surface area contributed by atoms with Crippen LogP contribution < -0.4 is 14.8 Å². The molecule has 1 fully saturated rings. The van der Waals surface area contributed by atoms with Gasteiger partial charge in [-0.2, -0.15) is 0 Å². The number of ether oxygens (including phenoxy) is 2. The van der Waals surface area contributed by atoms with Gasteiger partial charge in [-0.3, -0.25) is 14.9 Å². The van der Waals surface area contributed by atoms with Crippen molar-refractivity contribution in [1.29, 1.82) is 0 Å². The quantitative estimate of drug-likeness (QED) is 0.175. The second-order valence-electron chi connectivity index (χ2n) is 12.4. The Morgan fingerprint density at radius 1 is 1.07 bits per heavy atom. The maximum Gasteiger partial charge on any atom is 0.286 e. The first kappa shape index (κ1) is 31.7. The minimum atomic E-state index is -0.765. The van der Waals surface area contributed by atoms with Gasteiger partial charge in [0.1, 0.15) is 29.5 Å². The number of phenols is 1. The van der Waals surface area contributed by atoms with E-state index in [1.165, 1.54) is 12.8 Å². The molecule has 8 nitrogen and oxygen atoms in total. The van der Waals surface area contributed by atoms with E-state index in [0.717, 1.165) is 41.3 Å². The lowest BCUT2D eigenvalue weighted by atomic mass is 9.81. The number of thioether (sulfide) groups is 1. The lowest BCUT2D eigenvalue weighted by Gasteiger charge is -2.41. The first-order valence-corrected chi connectivity index (χ1v) is 15.8. The molecule has 0 bridgehead atoms. The second-order valence-corrected chi connectivity index (χ2v) is 13.6. The maximum atomic E-state index is 12.0. The van der Waals surface area contributed by atoms with E-state index in [1.54, 1.807) is 0 Å². The van der Waals surface area contributed by atoms with Gasteiger partial charge in [-0.15, -0.1) is 0 Å². The third-order valence-corrected chi connectivity index (χ3v) is 9.60. The maximum absolute atomic E-state index is 12.0. The minimum absolute atomic E-state index is 0.191. The number of imide groups is 1. The Morgan fingerprint density at radius 3 is 2.40 bits per heavy atom. The lowest BCUT2D eigenvalue weighted by molar-refractivity contribution is -0.118. The molecule has 3 N–H and O–H groups in total. The molecule has 0 aromatic heterocycles. The molecule has 0 spiro atoms. The van der Waals surface area contributed by atoms with E-state index in [-0.39, 0.29) is 23.5 Å². The molecule has 0 saturated carbocycles. The Bertz CT molecular complexity index is 1340. The number of amides is 2. The summed E-state index contributed by atoms with van der Waals surface area (Å²) in [5.74, 6) is 2.42. The molecule has 228 valence electrons. The number of rotatable bonds is 12. The third kappa shape index (κ3) is 7.22. The molecule has 2 aliphatic rings. The van der Waals surface area contributed by atoms with Crippen molar-refractivity contribution in [3.8, 4) is 17.2 Å². The van der Waals surface area contributed by atoms with Gasteiger partial charge in [0.25, 0.3) is 5.24 Å². The van der Waals surface area contributed by atoms with Gasteiger partial charge in [-0.05, 0) is 80.7 Å². The van der Waals surface area contributed by atoms with Crippen LogP contribution in [0.3, 0.4) is 0 Å². The number of oxime groups is 1. The van der Waals surface area contributed by atoms with Crippen LogP contribution in [0.25, 0.3) is 0 Å². The number of phenolic OH excluding ortho intramolecular Hbond substituents is 1. The normalized spacial score (nSPS) is 21.8. The van der Waals surface area contributed by atoms with Crippen LogP contribution in [0.4, 0.5) is 4.79 Å². The molecule has 1 saturated heterocycles. The summed E-state index contributed by atoms with van der Waals surface area (Å²) >= 11 is 1.02. The summed E-state index contributed by atoms with van der Waals surface area (Å²) in [6, 6.07) is 7.55. The van der Waals surface area contributed by atoms with Crippen LogP contribution in [0.5, 0.6) is 17.2 Å². The highest BCUT2D eigenvalue weighted by Gasteiger charge is 2.43. The molecule has 3 atom stereocenters. The summed E-state index contributed by atoms with van der Waals surface area (Å²) < 4.78 is 13.2. The Labute approximate surface area is 253 Å². The average Bonchev–Trinajstić information content (AvgIpc) is 3.28. The second kappa shape index (κ2) is 13.4. The summed E-state index contributed by atoms with van der Waals surface area (Å²) in [6.07, 6.45) is 5.99. The molecular weight excluding hydrogens is 552 g/mol. The first-order chi connectivity index (χ1) is 19.9. The van der Waals surface area contributed by atoms with Crippen molar-refractivity contribution in [3.05, 3.63) is 52.1 Å². The number of carbonyl (C=O) groups is 2. The number of hydrogen-bond donors (Lipinski definition) is 3. The zero-order chi connectivity index (χ0) is 30.6. The molecule has 2 aliphatic heterocycles. The van der Waals surface area contributed by atoms with Gasteiger partial charge < -0.3 is 19.8 Å². The number of hydrogen-bond acceptors (Lipinski definition) is 8. The average molecular weight is 597 g/mol. The van der Waals surface area contributed by atoms with Crippen LogP contribution in [0.2, 0.25) is 0 Å². The van der Waals surface area contributed by atoms with Crippen LogP contribution >= 0.6 is 11.8 Å². The zero-order valence-corrected chi connectivity index (χ0v) is 26.4. The highest BCUT2D eigenvalue weighted by molar-refractivity contribution is 8.15. The predicted molar refractivity (Wildman–Crippen MR) is 166 cm³/mol. The fourth-order valence-corrected chi connectivity index (χ4v) is 6.67. The van der Waals surface area contributed by atoms with Crippen molar-refractivity contribution >= 4 is 28.6 Å². The van der Waals surface area contributed by atoms with Gasteiger partial charge in [-0.25, -0.2) is 0 Å². The highest BCUT2D eigenvalue weighted by Crippen LogP contribution is 2.45. The molecule has 4 rings (SSSR count). The summed E-state index contributed by atoms with van der Waals surface area (Å²) in [5, 5.41) is 26.1. The van der Waals surface area contributed by atoms with Gasteiger partial charge in [0, 0.05) is 17.5 Å². The lowest BCUT2D eigenvalue weighted by Crippen LogP contribution is -2.48. The Kier molecular flexibility index (Phi) is 10.1. The molecule has 2 aromatic rings. The van der Waals surface area contributed by atoms with E-state index in [4.69, 9.17) is 9.47 Å². The largest absolute Gasteiger partial charge is 0.507 e. The number of carbonyl (C=O) groups excluding carboxylic acids is 2. The molecule has 2 heterocycles. The Balaban J connectivity index is 1.55. The van der Waals surface area contributed by atoms with Crippen molar-refractivity contribution in [3.63, 3.8) is 0 Å². The molecular formula is C33H44N2O6S. The molecule has 42 heavy (non-hydrogen) atoms. The van der Waals surface area contributed by atoms with Crippen LogP contribution in [-0.4, -0.2) is 44.6 Å². The minimum Gasteiger partial charge on any atom is -0.507 e. The molecule has 0 aliphatic carbocycles. The standard InChI is InChI=1S/C33H44N2O6S/c1-19(2)8-7-9-20(3)14-15-33(17-26(35-39)28-23(6)29(36)21(4)22(5)30(28)41-33)18-40-25-12-10-24(11-13-25)16-27-31(37)34-32(38)42-27/h10-13,19-20,27,36,39H,7-9,14-18H2,1-6H3,(H,34,37,38). The Hall–Kier alpha value is -3.20. The van der Waals surface area contributed by atoms with Gasteiger partial charge in [0.15, 0.2) is 0 Å². The van der Waals surface area contributed by atoms with Gasteiger partial charge in [-0.1, -0.05) is 69.1 Å². The van der Waals surface area contributed by atoms with E-state index in [1.807, 2.05) is 45.0 Å². The molecule has 2 aromatic carbocycles. The topological polar surface area (TPSA) is 117 Å². The third-order valence-electron chi connectivity index (χ3n) is 8.62. The van der Waals surface area contributed by atoms with Gasteiger partial charge in [0.05, 0.1) is 11.0 Å². The van der Waals surface area contributed by atoms with E-state index in [0.29, 0.717) is 59.4 Å². The smallest absolute Gasteiger partial charge is 0.286 e. The first-order valence-electron chi connectivity index (χ1n) is 14.9. The van der Waals surface area contributed by atoms with Crippen LogP contribution in [-0.2, 0) is 11.2 Å². The summed E-state index contributed by atoms with van der Waals surface area (Å²) in [6.45, 7) is 12.6. The summed E-state index contributed by atoms with van der Waals surface area (Å²) in [4.78, 5) is 23.5. The summed E-state index contributed by atoms with van der Waals surface area (Å²) in [7, 11) is 0. The highest BCUT2D eigenvalue weighted by atomic mass is 32.2. The van der Waals surface area contributed by atoms with Crippen molar-refractivity contribution in [2.24, 2.45) is 17.0 Å². The predicted octanol–water partition coefficient (Wildman–Crippen LogP) is 7.23. The zero-order valence-electron chi connectivity index (χ0n) is 25.6. The van der Waals surface area contributed by atoms with Crippen molar-refractivity contribution in [2.45, 2.75) is 97.3 Å². The fraction of sp³-hybridized carbons (Fsp3) is 0.545.